The molecule has 1 aliphatic heterocycles. The second-order valence-corrected chi connectivity index (χ2v) is 6.74. The van der Waals surface area contributed by atoms with Crippen LogP contribution in [0.4, 0.5) is 11.5 Å². The molecule has 0 fully saturated rings. The second-order valence-electron chi connectivity index (χ2n) is 6.33. The van der Waals surface area contributed by atoms with Crippen molar-refractivity contribution in [1.29, 1.82) is 0 Å². The first kappa shape index (κ1) is 18.1. The summed E-state index contributed by atoms with van der Waals surface area (Å²) in [6, 6.07) is 15.5. The van der Waals surface area contributed by atoms with E-state index in [1.807, 2.05) is 30.3 Å². The molecule has 7 nitrogen and oxygen atoms in total. The third-order valence-corrected chi connectivity index (χ3v) is 4.81. The van der Waals surface area contributed by atoms with Gasteiger partial charge in [-0.05, 0) is 12.1 Å². The predicted molar refractivity (Wildman–Crippen MR) is 107 cm³/mol. The van der Waals surface area contributed by atoms with E-state index >= 15 is 0 Å². The zero-order valence-corrected chi connectivity index (χ0v) is 15.7. The molecule has 1 aromatic heterocycles. The van der Waals surface area contributed by atoms with Crippen LogP contribution < -0.4 is 15.4 Å². The number of nitrogens with zero attached hydrogens (tertiary/aromatic N) is 2. The molecule has 0 saturated carbocycles. The van der Waals surface area contributed by atoms with Crippen LogP contribution >= 0.6 is 11.6 Å². The average Bonchev–Trinajstić information content (AvgIpc) is 3.13. The van der Waals surface area contributed by atoms with Gasteiger partial charge in [-0.15, -0.1) is 0 Å². The van der Waals surface area contributed by atoms with Gasteiger partial charge in [0.1, 0.15) is 17.6 Å². The van der Waals surface area contributed by atoms with E-state index in [0.717, 1.165) is 5.56 Å². The van der Waals surface area contributed by atoms with Gasteiger partial charge in [-0.25, -0.2) is 4.68 Å². The van der Waals surface area contributed by atoms with Crippen LogP contribution in [0.5, 0.6) is 5.75 Å². The minimum atomic E-state index is -0.788. The number of aromatic nitrogens is 2. The van der Waals surface area contributed by atoms with Crippen LogP contribution in [-0.4, -0.2) is 28.7 Å². The topological polar surface area (TPSA) is 85.2 Å². The van der Waals surface area contributed by atoms with Crippen LogP contribution in [0.1, 0.15) is 12.5 Å². The van der Waals surface area contributed by atoms with Crippen molar-refractivity contribution in [3.63, 3.8) is 0 Å². The Morgan fingerprint density at radius 1 is 1.25 bits per heavy atom. The molecule has 28 heavy (non-hydrogen) atoms. The van der Waals surface area contributed by atoms with Crippen LogP contribution in [-0.2, 0) is 9.59 Å². The Hall–Kier alpha value is -3.32. The van der Waals surface area contributed by atoms with Gasteiger partial charge < -0.3 is 15.4 Å². The number of benzene rings is 2. The number of methoxy groups -OCH3 is 1. The third-order valence-electron chi connectivity index (χ3n) is 4.48. The maximum absolute atomic E-state index is 12.9. The van der Waals surface area contributed by atoms with Crippen molar-refractivity contribution in [2.45, 2.75) is 12.5 Å². The minimum absolute atomic E-state index is 0.0175. The Kier molecular flexibility index (Phi) is 4.75. The second kappa shape index (κ2) is 7.36. The average molecular weight is 397 g/mol. The monoisotopic (exact) mass is 396 g/mol. The fraction of sp³-hybridized carbons (Fsp3) is 0.150. The van der Waals surface area contributed by atoms with Gasteiger partial charge >= 0.3 is 0 Å². The third kappa shape index (κ3) is 3.44. The lowest BCUT2D eigenvalue weighted by Gasteiger charge is -2.24. The van der Waals surface area contributed by atoms with Crippen LogP contribution in [0.3, 0.4) is 0 Å². The van der Waals surface area contributed by atoms with Crippen molar-refractivity contribution in [3.05, 3.63) is 59.6 Å². The molecular weight excluding hydrogens is 380 g/mol. The Balaban J connectivity index is 1.65. The molecule has 1 atom stereocenters. The summed E-state index contributed by atoms with van der Waals surface area (Å²) in [6.07, 6.45) is -0.0175. The fourth-order valence-electron chi connectivity index (χ4n) is 3.08. The first-order valence-electron chi connectivity index (χ1n) is 8.64. The Morgan fingerprint density at radius 2 is 2.04 bits per heavy atom. The van der Waals surface area contributed by atoms with Crippen molar-refractivity contribution >= 4 is 34.9 Å². The molecule has 0 aliphatic carbocycles. The van der Waals surface area contributed by atoms with Crippen molar-refractivity contribution in [2.24, 2.45) is 0 Å². The lowest BCUT2D eigenvalue weighted by atomic mass is 10.1. The molecule has 0 unspecified atom stereocenters. The van der Waals surface area contributed by atoms with Crippen molar-refractivity contribution in [3.8, 4) is 17.0 Å². The number of nitrogens with one attached hydrogen (secondary N) is 2. The summed E-state index contributed by atoms with van der Waals surface area (Å²) in [4.78, 5) is 25.0. The van der Waals surface area contributed by atoms with E-state index in [1.165, 1.54) is 11.8 Å². The zero-order valence-electron chi connectivity index (χ0n) is 15.0. The van der Waals surface area contributed by atoms with E-state index in [9.17, 15) is 9.59 Å². The van der Waals surface area contributed by atoms with Gasteiger partial charge in [0.25, 0.3) is 0 Å². The van der Waals surface area contributed by atoms with E-state index in [0.29, 0.717) is 28.0 Å². The van der Waals surface area contributed by atoms with Crippen LogP contribution in [0.2, 0.25) is 5.02 Å². The number of fused-ring (bicyclic) bond motifs is 1. The van der Waals surface area contributed by atoms with Crippen molar-refractivity contribution < 1.29 is 14.3 Å². The van der Waals surface area contributed by atoms with E-state index in [2.05, 4.69) is 15.7 Å². The normalized spacial score (nSPS) is 15.5. The Labute approximate surface area is 166 Å². The molecule has 2 amide bonds. The highest BCUT2D eigenvalue weighted by molar-refractivity contribution is 6.33. The highest BCUT2D eigenvalue weighted by atomic mass is 35.5. The molecule has 0 saturated heterocycles. The molecule has 0 radical (unpaired) electrons. The quantitative estimate of drug-likeness (QED) is 0.703. The first-order valence-corrected chi connectivity index (χ1v) is 9.02. The Morgan fingerprint density at radius 3 is 2.79 bits per heavy atom. The molecule has 2 aromatic carbocycles. The predicted octanol–water partition coefficient (Wildman–Crippen LogP) is 3.73. The van der Waals surface area contributed by atoms with Gasteiger partial charge in [0.2, 0.25) is 11.8 Å². The number of anilines is 2. The SMILES string of the molecule is COc1ccc(Cl)c(NC(=O)[C@@H]2CC(=O)Nc3cc(-c4ccccc4)nn32)c1. The van der Waals surface area contributed by atoms with E-state index in [-0.39, 0.29) is 18.2 Å². The molecule has 2 heterocycles. The first-order chi connectivity index (χ1) is 13.5. The highest BCUT2D eigenvalue weighted by Crippen LogP contribution is 2.32. The van der Waals surface area contributed by atoms with Gasteiger partial charge in [0.15, 0.2) is 0 Å². The summed E-state index contributed by atoms with van der Waals surface area (Å²) < 4.78 is 6.71. The van der Waals surface area contributed by atoms with E-state index < -0.39 is 6.04 Å². The van der Waals surface area contributed by atoms with Gasteiger partial charge in [0, 0.05) is 17.7 Å². The summed E-state index contributed by atoms with van der Waals surface area (Å²) in [5.74, 6) is 0.414. The number of hydrogen-bond acceptors (Lipinski definition) is 4. The van der Waals surface area contributed by atoms with Crippen LogP contribution in [0.25, 0.3) is 11.3 Å². The minimum Gasteiger partial charge on any atom is -0.497 e. The lowest BCUT2D eigenvalue weighted by molar-refractivity contribution is -0.125. The number of carbonyl (C=O) groups is 2. The standard InChI is InChI=1S/C20H17ClN4O3/c1-28-13-7-8-14(21)16(9-13)22-20(27)17-11-19(26)23-18-10-15(24-25(17)18)12-5-3-2-4-6-12/h2-10,17H,11H2,1H3,(H,22,27)(H,23,26)/t17-/m0/s1. The molecule has 8 heteroatoms. The van der Waals surface area contributed by atoms with E-state index in [4.69, 9.17) is 16.3 Å². The number of hydrogen-bond donors (Lipinski definition) is 2. The van der Waals surface area contributed by atoms with Crippen LogP contribution in [0, 0.1) is 0 Å². The summed E-state index contributed by atoms with van der Waals surface area (Å²) in [5.41, 5.74) is 1.98. The molecule has 0 bridgehead atoms. The molecule has 2 N–H and O–H groups in total. The van der Waals surface area contributed by atoms with Crippen molar-refractivity contribution in [1.82, 2.24) is 9.78 Å². The number of carbonyl (C=O) groups excluding carboxylic acids is 2. The number of ether oxygens (including phenoxy) is 1. The molecular formula is C20H17ClN4O3. The number of halogens is 1. The molecule has 142 valence electrons. The maximum Gasteiger partial charge on any atom is 0.249 e. The summed E-state index contributed by atoms with van der Waals surface area (Å²) >= 11 is 6.18. The fourth-order valence-corrected chi connectivity index (χ4v) is 3.24. The van der Waals surface area contributed by atoms with Crippen LogP contribution in [0.15, 0.2) is 54.6 Å². The summed E-state index contributed by atoms with van der Waals surface area (Å²) in [7, 11) is 1.53. The molecule has 0 spiro atoms. The van der Waals surface area contributed by atoms with E-state index in [1.54, 1.807) is 24.3 Å². The molecule has 3 aromatic rings. The Bertz CT molecular complexity index is 1050. The highest BCUT2D eigenvalue weighted by Gasteiger charge is 2.32. The van der Waals surface area contributed by atoms with Gasteiger partial charge in [-0.3, -0.25) is 9.59 Å². The number of rotatable bonds is 4. The van der Waals surface area contributed by atoms with Gasteiger partial charge in [0.05, 0.1) is 29.9 Å². The lowest BCUT2D eigenvalue weighted by Crippen LogP contribution is -2.35. The molecule has 1 aliphatic rings. The maximum atomic E-state index is 12.9. The largest absolute Gasteiger partial charge is 0.497 e. The molecule has 4 rings (SSSR count). The smallest absolute Gasteiger partial charge is 0.249 e. The summed E-state index contributed by atoms with van der Waals surface area (Å²) in [5, 5.41) is 10.5. The van der Waals surface area contributed by atoms with Gasteiger partial charge in [-0.2, -0.15) is 5.10 Å². The number of amides is 2. The summed E-state index contributed by atoms with van der Waals surface area (Å²) in [6.45, 7) is 0. The van der Waals surface area contributed by atoms with Crippen molar-refractivity contribution in [2.75, 3.05) is 17.7 Å². The van der Waals surface area contributed by atoms with Gasteiger partial charge in [-0.1, -0.05) is 41.9 Å². The zero-order chi connectivity index (χ0) is 19.7.